The fraction of sp³-hybridized carbons (Fsp3) is 0.433. The molecule has 2 aromatic heterocycles. The summed E-state index contributed by atoms with van der Waals surface area (Å²) in [4.78, 5) is 72.9. The number of rotatable bonds is 12. The first kappa shape index (κ1) is 31.9. The molecule has 0 aliphatic heterocycles. The van der Waals surface area contributed by atoms with Crippen LogP contribution in [0.4, 0.5) is 5.95 Å². The van der Waals surface area contributed by atoms with Gasteiger partial charge in [0.15, 0.2) is 5.65 Å². The van der Waals surface area contributed by atoms with Crippen molar-refractivity contribution in [3.8, 4) is 0 Å². The molecule has 0 aliphatic carbocycles. The number of anilines is 1. The summed E-state index contributed by atoms with van der Waals surface area (Å²) in [6, 6.07) is 7.65. The van der Waals surface area contributed by atoms with Crippen LogP contribution in [0.3, 0.4) is 0 Å². The lowest BCUT2D eigenvalue weighted by Crippen LogP contribution is -2.42. The van der Waals surface area contributed by atoms with Crippen LogP contribution in [0.5, 0.6) is 0 Å². The van der Waals surface area contributed by atoms with Gasteiger partial charge >= 0.3 is 11.9 Å². The van der Waals surface area contributed by atoms with Gasteiger partial charge in [0.2, 0.25) is 11.9 Å². The van der Waals surface area contributed by atoms with E-state index in [4.69, 9.17) is 9.47 Å². The molecule has 0 radical (unpaired) electrons. The number of amides is 2. The molecule has 3 aromatic rings. The molecule has 0 spiro atoms. The Hall–Kier alpha value is -4.61. The predicted molar refractivity (Wildman–Crippen MR) is 156 cm³/mol. The minimum atomic E-state index is -0.981. The van der Waals surface area contributed by atoms with Crippen molar-refractivity contribution in [1.29, 1.82) is 0 Å². The summed E-state index contributed by atoms with van der Waals surface area (Å²) >= 11 is 0. The summed E-state index contributed by atoms with van der Waals surface area (Å²) < 4.78 is 9.94. The molecule has 3 N–H and O–H groups in total. The summed E-state index contributed by atoms with van der Waals surface area (Å²) in [5.74, 6) is -1.77. The third-order valence-corrected chi connectivity index (χ3v) is 6.27. The molecule has 0 saturated heterocycles. The topological polar surface area (TPSA) is 169 Å². The Labute approximate surface area is 243 Å². The van der Waals surface area contributed by atoms with Crippen LogP contribution in [0.25, 0.3) is 11.0 Å². The van der Waals surface area contributed by atoms with Gasteiger partial charge in [-0.15, -0.1) is 0 Å². The van der Waals surface area contributed by atoms with Crippen molar-refractivity contribution in [1.82, 2.24) is 20.3 Å². The largest absolute Gasteiger partial charge is 0.466 e. The monoisotopic (exact) mass is 579 g/mol. The fourth-order valence-corrected chi connectivity index (χ4v) is 3.90. The van der Waals surface area contributed by atoms with Gasteiger partial charge in [0.25, 0.3) is 11.5 Å². The molecule has 0 unspecified atom stereocenters. The van der Waals surface area contributed by atoms with E-state index in [2.05, 4.69) is 25.6 Å². The van der Waals surface area contributed by atoms with E-state index in [9.17, 15) is 24.0 Å². The molecule has 12 heteroatoms. The normalized spacial score (nSPS) is 11.9. The first-order chi connectivity index (χ1) is 19.9. The average molecular weight is 580 g/mol. The summed E-state index contributed by atoms with van der Waals surface area (Å²) in [7, 11) is 0. The van der Waals surface area contributed by atoms with Crippen LogP contribution in [0.1, 0.15) is 68.9 Å². The Balaban J connectivity index is 1.63. The molecular weight excluding hydrogens is 542 g/mol. The van der Waals surface area contributed by atoms with Crippen LogP contribution in [0.15, 0.2) is 41.3 Å². The lowest BCUT2D eigenvalue weighted by molar-refractivity contribution is -0.146. The number of aromatic amines is 1. The molecule has 2 heterocycles. The number of pyridine rings is 1. The Morgan fingerprint density at radius 1 is 0.976 bits per heavy atom. The third-order valence-electron chi connectivity index (χ3n) is 6.27. The van der Waals surface area contributed by atoms with Gasteiger partial charge in [-0.05, 0) is 62.4 Å². The highest BCUT2D eigenvalue weighted by Crippen LogP contribution is 2.17. The maximum Gasteiger partial charge on any atom is 0.328 e. The van der Waals surface area contributed by atoms with E-state index in [1.54, 1.807) is 71.1 Å². The Kier molecular flexibility index (Phi) is 10.9. The minimum absolute atomic E-state index is 0.0307. The number of hydrogen-bond donors (Lipinski definition) is 3. The lowest BCUT2D eigenvalue weighted by Gasteiger charge is -2.17. The number of nitrogens with one attached hydrogen (secondary N) is 3. The summed E-state index contributed by atoms with van der Waals surface area (Å²) in [6.07, 6.45) is 2.86. The van der Waals surface area contributed by atoms with Crippen molar-refractivity contribution in [3.63, 3.8) is 0 Å². The zero-order valence-electron chi connectivity index (χ0n) is 24.5. The van der Waals surface area contributed by atoms with E-state index in [1.165, 1.54) is 0 Å². The van der Waals surface area contributed by atoms with Gasteiger partial charge in [-0.3, -0.25) is 29.5 Å². The standard InChI is InChI=1S/C30H37N5O7/c1-6-41-23(36)15-14-22(27(39)42-7-2)32-25(37)20-12-10-18(11-13-20)8-9-19-16-21-24(31-17-19)33-29(34-26(21)38)35-28(40)30(3,4)5/h10-13,16-17,22H,6-9,14-15H2,1-5H3,(H,32,37)(H2,31,33,34,35,38,40)/t22-/m1/s1. The minimum Gasteiger partial charge on any atom is -0.466 e. The Morgan fingerprint density at radius 2 is 1.64 bits per heavy atom. The van der Waals surface area contributed by atoms with Crippen molar-refractivity contribution in [2.24, 2.45) is 5.41 Å². The quantitative estimate of drug-likeness (QED) is 0.273. The fourth-order valence-electron chi connectivity index (χ4n) is 3.90. The average Bonchev–Trinajstić information content (AvgIpc) is 2.94. The summed E-state index contributed by atoms with van der Waals surface area (Å²) in [5, 5.41) is 5.57. The molecule has 0 fully saturated rings. The molecule has 0 aliphatic rings. The number of fused-ring (bicyclic) bond motifs is 1. The van der Waals surface area contributed by atoms with E-state index in [0.717, 1.165) is 11.1 Å². The van der Waals surface area contributed by atoms with Crippen LogP contribution in [-0.2, 0) is 36.7 Å². The zero-order chi connectivity index (χ0) is 30.9. The third kappa shape index (κ3) is 8.95. The number of aryl methyl sites for hydroxylation is 2. The summed E-state index contributed by atoms with van der Waals surface area (Å²) in [6.45, 7) is 9.00. The van der Waals surface area contributed by atoms with E-state index < -0.39 is 34.9 Å². The van der Waals surface area contributed by atoms with Gasteiger partial charge in [-0.25, -0.2) is 9.78 Å². The van der Waals surface area contributed by atoms with Crippen LogP contribution < -0.4 is 16.2 Å². The smallest absolute Gasteiger partial charge is 0.328 e. The molecule has 42 heavy (non-hydrogen) atoms. The number of carbonyl (C=O) groups is 4. The lowest BCUT2D eigenvalue weighted by atomic mass is 9.96. The van der Waals surface area contributed by atoms with E-state index in [-0.39, 0.29) is 43.6 Å². The van der Waals surface area contributed by atoms with E-state index in [1.807, 2.05) is 0 Å². The van der Waals surface area contributed by atoms with Gasteiger partial charge in [-0.1, -0.05) is 32.9 Å². The maximum absolute atomic E-state index is 12.8. The second-order valence-electron chi connectivity index (χ2n) is 10.7. The van der Waals surface area contributed by atoms with E-state index in [0.29, 0.717) is 23.8 Å². The molecule has 0 bridgehead atoms. The maximum atomic E-state index is 12.8. The molecule has 224 valence electrons. The number of H-pyrrole nitrogens is 1. The van der Waals surface area contributed by atoms with E-state index >= 15 is 0 Å². The van der Waals surface area contributed by atoms with Crippen LogP contribution in [0, 0.1) is 5.41 Å². The molecule has 1 aromatic carbocycles. The van der Waals surface area contributed by atoms with Crippen LogP contribution in [0.2, 0.25) is 0 Å². The molecular formula is C30H37N5O7. The van der Waals surface area contributed by atoms with Gasteiger partial charge in [0.05, 0.1) is 18.6 Å². The van der Waals surface area contributed by atoms with Gasteiger partial charge < -0.3 is 14.8 Å². The number of benzene rings is 1. The number of ether oxygens (including phenoxy) is 2. The second-order valence-corrected chi connectivity index (χ2v) is 10.7. The Morgan fingerprint density at radius 3 is 2.29 bits per heavy atom. The highest BCUT2D eigenvalue weighted by atomic mass is 16.5. The van der Waals surface area contributed by atoms with Crippen LogP contribution >= 0.6 is 0 Å². The molecule has 3 rings (SSSR count). The summed E-state index contributed by atoms with van der Waals surface area (Å²) in [5.41, 5.74) is 1.29. The van der Waals surface area contributed by atoms with Gasteiger partial charge in [0, 0.05) is 23.6 Å². The van der Waals surface area contributed by atoms with Gasteiger partial charge in [-0.2, -0.15) is 4.98 Å². The predicted octanol–water partition coefficient (Wildman–Crippen LogP) is 3.09. The Bertz CT molecular complexity index is 1490. The van der Waals surface area contributed by atoms with Crippen molar-refractivity contribution in [2.45, 2.75) is 66.3 Å². The van der Waals surface area contributed by atoms with Crippen molar-refractivity contribution >= 4 is 40.7 Å². The first-order valence-corrected chi connectivity index (χ1v) is 13.8. The number of esters is 2. The van der Waals surface area contributed by atoms with Crippen molar-refractivity contribution in [3.05, 3.63) is 63.6 Å². The van der Waals surface area contributed by atoms with Crippen LogP contribution in [-0.4, -0.2) is 58.0 Å². The van der Waals surface area contributed by atoms with Crippen molar-refractivity contribution < 1.29 is 28.7 Å². The number of aromatic nitrogens is 3. The second kappa shape index (κ2) is 14.3. The highest BCUT2D eigenvalue weighted by Gasteiger charge is 2.24. The van der Waals surface area contributed by atoms with Crippen molar-refractivity contribution in [2.75, 3.05) is 18.5 Å². The zero-order valence-corrected chi connectivity index (χ0v) is 24.5. The molecule has 2 amide bonds. The van der Waals surface area contributed by atoms with Gasteiger partial charge in [0.1, 0.15) is 6.04 Å². The molecule has 12 nitrogen and oxygen atoms in total. The number of carbonyl (C=O) groups excluding carboxylic acids is 4. The highest BCUT2D eigenvalue weighted by molar-refractivity contribution is 5.97. The molecule has 1 atom stereocenters. The number of hydrogen-bond acceptors (Lipinski definition) is 9. The SMILES string of the molecule is CCOC(=O)CC[C@@H](NC(=O)c1ccc(CCc2cnc3nc(NC(=O)C(C)(C)C)[nH]c(=O)c3c2)cc1)C(=O)OCC. The number of nitrogens with zero attached hydrogens (tertiary/aromatic N) is 2. The molecule has 0 saturated carbocycles. The first-order valence-electron chi connectivity index (χ1n) is 13.8.